The summed E-state index contributed by atoms with van der Waals surface area (Å²) in [4.78, 5) is 7.85. The van der Waals surface area contributed by atoms with Crippen molar-refractivity contribution in [3.63, 3.8) is 0 Å². The summed E-state index contributed by atoms with van der Waals surface area (Å²) in [5, 5.41) is 0. The zero-order chi connectivity index (χ0) is 37.0. The maximum Gasteiger partial charge on any atom is 0.0617 e. The molecule has 11 rings (SSSR count). The average Bonchev–Trinajstić information content (AvgIpc) is 3.91. The van der Waals surface area contributed by atoms with Gasteiger partial charge in [0.05, 0.1) is 11.6 Å². The van der Waals surface area contributed by atoms with Gasteiger partial charge in [-0.3, -0.25) is 0 Å². The third-order valence-corrected chi connectivity index (χ3v) is 15.4. The Labute approximate surface area is 327 Å². The Morgan fingerprint density at radius 3 is 1.95 bits per heavy atom. The Bertz CT molecular complexity index is 2320. The van der Waals surface area contributed by atoms with E-state index in [9.17, 15) is 0 Å². The predicted octanol–water partition coefficient (Wildman–Crippen LogP) is 13.4. The van der Waals surface area contributed by atoms with Gasteiger partial charge in [-0.05, 0) is 133 Å². The molecule has 3 fully saturated rings. The van der Waals surface area contributed by atoms with Gasteiger partial charge in [-0.15, -0.1) is 0 Å². The van der Waals surface area contributed by atoms with Crippen molar-refractivity contribution in [3.8, 4) is 0 Å². The van der Waals surface area contributed by atoms with Crippen molar-refractivity contribution in [3.05, 3.63) is 181 Å². The molecule has 0 aromatic heterocycles. The summed E-state index contributed by atoms with van der Waals surface area (Å²) in [7, 11) is 0. The molecule has 6 aliphatic rings. The molecule has 3 heteroatoms. The Kier molecular flexibility index (Phi) is 7.14. The SMILES string of the molecule is CC12CC(C)(C3(C)CC45CC3CC4c3ccccc3N5c3ccc(N(c4ccccc4)c4ccccc4)cc3)C=CC1N(c1ccccc1)C1=CCCC=C12. The highest BCUT2D eigenvalue weighted by Crippen LogP contribution is 2.77. The van der Waals surface area contributed by atoms with Crippen molar-refractivity contribution >= 4 is 34.1 Å². The Balaban J connectivity index is 0.969. The van der Waals surface area contributed by atoms with Gasteiger partial charge in [-0.25, -0.2) is 0 Å². The van der Waals surface area contributed by atoms with Gasteiger partial charge in [0, 0.05) is 51.2 Å². The molecule has 1 saturated heterocycles. The van der Waals surface area contributed by atoms with Crippen LogP contribution < -0.4 is 14.7 Å². The molecule has 0 radical (unpaired) electrons. The number of hydrogen-bond donors (Lipinski definition) is 0. The van der Waals surface area contributed by atoms with Crippen LogP contribution in [-0.2, 0) is 0 Å². The fraction of sp³-hybridized carbons (Fsp3) is 0.308. The number of para-hydroxylation sites is 4. The molecular weight excluding hydrogens is 667 g/mol. The zero-order valence-corrected chi connectivity index (χ0v) is 32.4. The van der Waals surface area contributed by atoms with E-state index in [-0.39, 0.29) is 21.8 Å². The van der Waals surface area contributed by atoms with Gasteiger partial charge in [0.2, 0.25) is 0 Å². The maximum atomic E-state index is 2.81. The molecule has 3 nitrogen and oxygen atoms in total. The summed E-state index contributed by atoms with van der Waals surface area (Å²) < 4.78 is 0. The first-order chi connectivity index (χ1) is 26.8. The minimum absolute atomic E-state index is 0.0606. The average molecular weight is 718 g/mol. The van der Waals surface area contributed by atoms with Crippen molar-refractivity contribution in [2.45, 2.75) is 76.8 Å². The van der Waals surface area contributed by atoms with E-state index in [0.717, 1.165) is 12.8 Å². The quantitative estimate of drug-likeness (QED) is 0.162. The highest BCUT2D eigenvalue weighted by molar-refractivity contribution is 5.81. The molecule has 2 heterocycles. The van der Waals surface area contributed by atoms with E-state index in [1.165, 1.54) is 65.5 Å². The number of anilines is 6. The molecule has 1 spiro atoms. The van der Waals surface area contributed by atoms with Crippen LogP contribution in [0.5, 0.6) is 0 Å². The standard InChI is InChI=1S/C52H51N3/c1-49(32-31-48-50(2,35-49)44-24-14-16-26-47(44)54(48)40-21-11-6-12-22-40)51(3)36-52-34-37(51)33-45(52)43-23-13-15-25-46(43)55(52)42-29-27-41(28-30-42)53(38-17-7-4-8-18-38)39-19-9-5-10-20-39/h4-13,15,17-32,37,45,48H,14,16,33-36H2,1-3H3. The summed E-state index contributed by atoms with van der Waals surface area (Å²) in [5.41, 5.74) is 12.5. The van der Waals surface area contributed by atoms with E-state index in [1.54, 1.807) is 11.1 Å². The minimum atomic E-state index is 0.0606. The second-order valence-corrected chi connectivity index (χ2v) is 18.1. The first kappa shape index (κ1) is 33.1. The molecule has 5 aromatic carbocycles. The summed E-state index contributed by atoms with van der Waals surface area (Å²) in [5.74, 6) is 1.22. The second kappa shape index (κ2) is 11.9. The molecular formula is C52H51N3. The van der Waals surface area contributed by atoms with Crippen LogP contribution in [0.3, 0.4) is 0 Å². The van der Waals surface area contributed by atoms with Gasteiger partial charge < -0.3 is 14.7 Å². The highest BCUT2D eigenvalue weighted by Gasteiger charge is 2.71. The summed E-state index contributed by atoms with van der Waals surface area (Å²) >= 11 is 0. The number of nitrogens with zero attached hydrogens (tertiary/aromatic N) is 3. The van der Waals surface area contributed by atoms with Gasteiger partial charge in [-0.2, -0.15) is 0 Å². The lowest BCUT2D eigenvalue weighted by Crippen LogP contribution is -2.53. The fourth-order valence-corrected chi connectivity index (χ4v) is 12.9. The van der Waals surface area contributed by atoms with Crippen molar-refractivity contribution in [1.29, 1.82) is 0 Å². The third-order valence-electron chi connectivity index (χ3n) is 15.4. The van der Waals surface area contributed by atoms with Crippen molar-refractivity contribution in [1.82, 2.24) is 0 Å². The summed E-state index contributed by atoms with van der Waals surface area (Å²) in [6.45, 7) is 7.92. The van der Waals surface area contributed by atoms with Crippen molar-refractivity contribution in [2.24, 2.45) is 22.2 Å². The fourth-order valence-electron chi connectivity index (χ4n) is 12.9. The largest absolute Gasteiger partial charge is 0.334 e. The van der Waals surface area contributed by atoms with Gasteiger partial charge in [-0.1, -0.05) is 118 Å². The normalized spacial score (nSPS) is 32.4. The predicted molar refractivity (Wildman–Crippen MR) is 229 cm³/mol. The van der Waals surface area contributed by atoms with Crippen LogP contribution >= 0.6 is 0 Å². The number of hydrogen-bond acceptors (Lipinski definition) is 3. The lowest BCUT2D eigenvalue weighted by atomic mass is 9.49. The zero-order valence-electron chi connectivity index (χ0n) is 32.4. The monoisotopic (exact) mass is 717 g/mol. The molecule has 0 amide bonds. The molecule has 7 unspecified atom stereocenters. The molecule has 274 valence electrons. The molecule has 55 heavy (non-hydrogen) atoms. The molecule has 2 aliphatic heterocycles. The van der Waals surface area contributed by atoms with Crippen LogP contribution in [0, 0.1) is 22.2 Å². The van der Waals surface area contributed by atoms with Gasteiger partial charge in [0.1, 0.15) is 0 Å². The third kappa shape index (κ3) is 4.56. The van der Waals surface area contributed by atoms with Crippen LogP contribution in [0.15, 0.2) is 175 Å². The smallest absolute Gasteiger partial charge is 0.0617 e. The van der Waals surface area contributed by atoms with Crippen LogP contribution in [-0.4, -0.2) is 11.6 Å². The van der Waals surface area contributed by atoms with Crippen LogP contribution in [0.1, 0.15) is 70.8 Å². The second-order valence-electron chi connectivity index (χ2n) is 18.1. The lowest BCUT2D eigenvalue weighted by molar-refractivity contribution is 0.00516. The molecule has 7 atom stereocenters. The van der Waals surface area contributed by atoms with E-state index < -0.39 is 0 Å². The van der Waals surface area contributed by atoms with Crippen molar-refractivity contribution in [2.75, 3.05) is 14.7 Å². The van der Waals surface area contributed by atoms with Gasteiger partial charge in [0.25, 0.3) is 0 Å². The Morgan fingerprint density at radius 1 is 0.618 bits per heavy atom. The van der Waals surface area contributed by atoms with Crippen LogP contribution in [0.4, 0.5) is 34.1 Å². The Morgan fingerprint density at radius 2 is 1.24 bits per heavy atom. The first-order valence-electron chi connectivity index (χ1n) is 20.7. The molecule has 0 N–H and O–H groups in total. The van der Waals surface area contributed by atoms with E-state index in [1.807, 2.05) is 0 Å². The highest BCUT2D eigenvalue weighted by atomic mass is 15.3. The Hall–Kier alpha value is -5.28. The number of allylic oxidation sites excluding steroid dienone is 4. The molecule has 2 bridgehead atoms. The van der Waals surface area contributed by atoms with E-state index in [0.29, 0.717) is 17.9 Å². The lowest BCUT2D eigenvalue weighted by Gasteiger charge is -2.56. The number of fused-ring (bicyclic) bond motifs is 6. The molecule has 5 aromatic rings. The van der Waals surface area contributed by atoms with E-state index >= 15 is 0 Å². The maximum absolute atomic E-state index is 2.81. The van der Waals surface area contributed by atoms with Gasteiger partial charge in [0.15, 0.2) is 0 Å². The van der Waals surface area contributed by atoms with Crippen molar-refractivity contribution < 1.29 is 0 Å². The number of rotatable bonds is 6. The van der Waals surface area contributed by atoms with Crippen LogP contribution in [0.25, 0.3) is 0 Å². The minimum Gasteiger partial charge on any atom is -0.334 e. The molecule has 4 aliphatic carbocycles. The first-order valence-corrected chi connectivity index (χ1v) is 20.7. The van der Waals surface area contributed by atoms with Gasteiger partial charge >= 0.3 is 0 Å². The molecule has 2 saturated carbocycles. The van der Waals surface area contributed by atoms with E-state index in [2.05, 4.69) is 199 Å². The summed E-state index contributed by atoms with van der Waals surface area (Å²) in [6.07, 6.45) is 17.6. The van der Waals surface area contributed by atoms with E-state index in [4.69, 9.17) is 0 Å². The van der Waals surface area contributed by atoms with Crippen LogP contribution in [0.2, 0.25) is 0 Å². The summed E-state index contributed by atoms with van der Waals surface area (Å²) in [6, 6.07) is 51.9. The number of benzene rings is 5. The topological polar surface area (TPSA) is 9.72 Å².